The van der Waals surface area contributed by atoms with Gasteiger partial charge in [0.1, 0.15) is 30.0 Å². The Bertz CT molecular complexity index is 1170. The highest BCUT2D eigenvalue weighted by atomic mass is 16.7. The van der Waals surface area contributed by atoms with E-state index in [-0.39, 0.29) is 18.6 Å². The van der Waals surface area contributed by atoms with Gasteiger partial charge in [0.15, 0.2) is 12.1 Å². The fourth-order valence-corrected chi connectivity index (χ4v) is 4.62. The van der Waals surface area contributed by atoms with E-state index in [1.165, 1.54) is 6.92 Å². The normalized spacial score (nSPS) is 26.3. The molecule has 0 spiro atoms. The van der Waals surface area contributed by atoms with Crippen LogP contribution in [0.1, 0.15) is 28.4 Å². The van der Waals surface area contributed by atoms with E-state index >= 15 is 0 Å². The summed E-state index contributed by atoms with van der Waals surface area (Å²) in [7, 11) is 0. The lowest BCUT2D eigenvalue weighted by Crippen LogP contribution is -2.74. The van der Waals surface area contributed by atoms with Gasteiger partial charge in [-0.15, -0.1) is 0 Å². The minimum atomic E-state index is -2.05. The Hall–Kier alpha value is -3.40. The van der Waals surface area contributed by atoms with Crippen LogP contribution in [0.15, 0.2) is 91.0 Å². The molecule has 1 heterocycles. The SMILES string of the molecule is CC(=O)N[C@@H]1[C@@H](OCc2ccccc2)O[C@H](C(O)C(=O)c2ccccc2)[C@@H](O)[C@@]1(O)Cc1ccccc1. The lowest BCUT2D eigenvalue weighted by molar-refractivity contribution is -0.307. The van der Waals surface area contributed by atoms with Crippen LogP contribution in [0.2, 0.25) is 0 Å². The number of Topliss-reactive ketones (excluding diaryl/α,β-unsaturated/α-hetero) is 1. The summed E-state index contributed by atoms with van der Waals surface area (Å²) in [5.41, 5.74) is -0.341. The molecule has 0 aliphatic carbocycles. The fourth-order valence-electron chi connectivity index (χ4n) is 4.62. The van der Waals surface area contributed by atoms with E-state index in [2.05, 4.69) is 5.32 Å². The van der Waals surface area contributed by atoms with Crippen LogP contribution in [0.25, 0.3) is 0 Å². The first-order valence-corrected chi connectivity index (χ1v) is 12.1. The van der Waals surface area contributed by atoms with Crippen LogP contribution in [0, 0.1) is 0 Å². The smallest absolute Gasteiger partial charge is 0.217 e. The molecule has 1 aliphatic heterocycles. The van der Waals surface area contributed by atoms with Gasteiger partial charge in [0.25, 0.3) is 0 Å². The average Bonchev–Trinajstić information content (AvgIpc) is 2.92. The predicted molar refractivity (Wildman–Crippen MR) is 135 cm³/mol. The Morgan fingerprint density at radius 1 is 0.946 bits per heavy atom. The predicted octanol–water partition coefficient (Wildman–Crippen LogP) is 2.01. The molecule has 6 atom stereocenters. The molecule has 3 aromatic carbocycles. The van der Waals surface area contributed by atoms with E-state index in [1.807, 2.05) is 36.4 Å². The van der Waals surface area contributed by atoms with E-state index in [4.69, 9.17) is 9.47 Å². The van der Waals surface area contributed by atoms with Gasteiger partial charge < -0.3 is 30.1 Å². The summed E-state index contributed by atoms with van der Waals surface area (Å²) in [6.07, 6.45) is -6.47. The summed E-state index contributed by atoms with van der Waals surface area (Å²) in [5.74, 6) is -1.15. The zero-order valence-corrected chi connectivity index (χ0v) is 20.4. The van der Waals surface area contributed by atoms with E-state index in [0.717, 1.165) is 5.56 Å². The van der Waals surface area contributed by atoms with Gasteiger partial charge >= 0.3 is 0 Å². The molecular weight excluding hydrogens is 474 g/mol. The molecule has 4 N–H and O–H groups in total. The van der Waals surface area contributed by atoms with Gasteiger partial charge in [-0.3, -0.25) is 9.59 Å². The Kier molecular flexibility index (Phi) is 8.48. The lowest BCUT2D eigenvalue weighted by Gasteiger charge is -2.51. The standard InChI is InChI=1S/C29H31NO7/c1-19(31)30-26-28(36-18-21-13-7-3-8-14-21)37-25(24(33)23(32)22-15-9-4-10-16-22)27(34)29(26,35)17-20-11-5-2-6-12-20/h2-16,24-28,33-35H,17-18H2,1H3,(H,30,31)/t24?,25-,26-,27-,28+,29-/m1/s1. The van der Waals surface area contributed by atoms with E-state index in [0.29, 0.717) is 5.56 Å². The second kappa shape index (κ2) is 11.8. The van der Waals surface area contributed by atoms with Crippen LogP contribution in [-0.4, -0.2) is 63.3 Å². The summed E-state index contributed by atoms with van der Waals surface area (Å²) in [6, 6.07) is 25.1. The molecular formula is C29H31NO7. The molecule has 194 valence electrons. The molecule has 0 bridgehead atoms. The quantitative estimate of drug-likeness (QED) is 0.328. The number of aliphatic hydroxyl groups is 3. The van der Waals surface area contributed by atoms with Crippen molar-refractivity contribution in [1.29, 1.82) is 0 Å². The molecule has 1 unspecified atom stereocenters. The van der Waals surface area contributed by atoms with Crippen molar-refractivity contribution in [1.82, 2.24) is 5.32 Å². The monoisotopic (exact) mass is 505 g/mol. The van der Waals surface area contributed by atoms with Crippen molar-refractivity contribution in [3.63, 3.8) is 0 Å². The number of amides is 1. The number of ketones is 1. The number of carbonyl (C=O) groups excluding carboxylic acids is 2. The summed E-state index contributed by atoms with van der Waals surface area (Å²) in [6.45, 7) is 1.35. The first-order chi connectivity index (χ1) is 17.8. The van der Waals surface area contributed by atoms with Crippen LogP contribution in [0.3, 0.4) is 0 Å². The Morgan fingerprint density at radius 3 is 2.05 bits per heavy atom. The third-order valence-electron chi connectivity index (χ3n) is 6.51. The van der Waals surface area contributed by atoms with Crippen molar-refractivity contribution in [2.24, 2.45) is 0 Å². The molecule has 1 aliphatic rings. The van der Waals surface area contributed by atoms with Crippen molar-refractivity contribution in [2.75, 3.05) is 0 Å². The molecule has 1 amide bonds. The van der Waals surface area contributed by atoms with Gasteiger partial charge in [0, 0.05) is 18.9 Å². The van der Waals surface area contributed by atoms with Gasteiger partial charge in [0.2, 0.25) is 5.91 Å². The van der Waals surface area contributed by atoms with Crippen LogP contribution in [0.5, 0.6) is 0 Å². The summed E-state index contributed by atoms with van der Waals surface area (Å²) in [4.78, 5) is 25.2. The Morgan fingerprint density at radius 2 is 1.49 bits per heavy atom. The van der Waals surface area contributed by atoms with Crippen LogP contribution in [-0.2, 0) is 27.3 Å². The fraction of sp³-hybridized carbons (Fsp3) is 0.310. The van der Waals surface area contributed by atoms with Crippen LogP contribution in [0.4, 0.5) is 0 Å². The highest BCUT2D eigenvalue weighted by Crippen LogP contribution is 2.36. The maximum absolute atomic E-state index is 13.1. The van der Waals surface area contributed by atoms with Gasteiger partial charge in [0.05, 0.1) is 6.61 Å². The molecule has 3 aromatic rings. The van der Waals surface area contributed by atoms with Gasteiger partial charge in [-0.25, -0.2) is 0 Å². The maximum atomic E-state index is 13.1. The first-order valence-electron chi connectivity index (χ1n) is 12.1. The van der Waals surface area contributed by atoms with Crippen molar-refractivity contribution < 1.29 is 34.4 Å². The number of aliphatic hydroxyl groups excluding tert-OH is 2. The van der Waals surface area contributed by atoms with Crippen molar-refractivity contribution >= 4 is 11.7 Å². The highest BCUT2D eigenvalue weighted by molar-refractivity contribution is 5.99. The number of benzene rings is 3. The number of hydrogen-bond donors (Lipinski definition) is 4. The van der Waals surface area contributed by atoms with E-state index in [1.54, 1.807) is 54.6 Å². The minimum absolute atomic E-state index is 0.0640. The largest absolute Gasteiger partial charge is 0.387 e. The van der Waals surface area contributed by atoms with Crippen LogP contribution >= 0.6 is 0 Å². The van der Waals surface area contributed by atoms with E-state index in [9.17, 15) is 24.9 Å². The molecule has 0 saturated carbocycles. The molecule has 1 saturated heterocycles. The molecule has 37 heavy (non-hydrogen) atoms. The summed E-state index contributed by atoms with van der Waals surface area (Å²) in [5, 5.41) is 37.1. The molecule has 8 nitrogen and oxygen atoms in total. The van der Waals surface area contributed by atoms with Gasteiger partial charge in [-0.1, -0.05) is 91.0 Å². The minimum Gasteiger partial charge on any atom is -0.387 e. The first kappa shape index (κ1) is 26.7. The number of ether oxygens (including phenoxy) is 2. The molecule has 0 radical (unpaired) electrons. The number of nitrogens with one attached hydrogen (secondary N) is 1. The maximum Gasteiger partial charge on any atom is 0.217 e. The molecule has 0 aromatic heterocycles. The third-order valence-corrected chi connectivity index (χ3v) is 6.51. The Balaban J connectivity index is 1.70. The van der Waals surface area contributed by atoms with Crippen LogP contribution < -0.4 is 5.32 Å². The lowest BCUT2D eigenvalue weighted by atomic mass is 9.76. The number of rotatable bonds is 9. The van der Waals surface area contributed by atoms with Crippen molar-refractivity contribution in [3.05, 3.63) is 108 Å². The summed E-state index contributed by atoms with van der Waals surface area (Å²) < 4.78 is 12.0. The average molecular weight is 506 g/mol. The topological polar surface area (TPSA) is 125 Å². The van der Waals surface area contributed by atoms with Gasteiger partial charge in [-0.05, 0) is 11.1 Å². The molecule has 8 heteroatoms. The number of carbonyl (C=O) groups is 2. The zero-order valence-electron chi connectivity index (χ0n) is 20.4. The highest BCUT2D eigenvalue weighted by Gasteiger charge is 2.58. The Labute approximate surface area is 215 Å². The number of hydrogen-bond acceptors (Lipinski definition) is 7. The second-order valence-electron chi connectivity index (χ2n) is 9.22. The van der Waals surface area contributed by atoms with Crippen molar-refractivity contribution in [3.8, 4) is 0 Å². The second-order valence-corrected chi connectivity index (χ2v) is 9.22. The van der Waals surface area contributed by atoms with E-state index < -0.39 is 47.9 Å². The van der Waals surface area contributed by atoms with Gasteiger partial charge in [-0.2, -0.15) is 0 Å². The summed E-state index contributed by atoms with van der Waals surface area (Å²) >= 11 is 0. The molecule has 4 rings (SSSR count). The molecule has 1 fully saturated rings. The van der Waals surface area contributed by atoms with Crippen molar-refractivity contribution in [2.45, 2.75) is 56.2 Å². The zero-order chi connectivity index (χ0) is 26.4. The third kappa shape index (κ3) is 6.12.